The molecule has 1 aromatic carbocycles. The average Bonchev–Trinajstić information content (AvgIpc) is 2.33. The Kier molecular flexibility index (Phi) is 3.90. The molecule has 5 heteroatoms. The molecule has 0 saturated carbocycles. The third-order valence-electron chi connectivity index (χ3n) is 2.83. The first-order valence-corrected chi connectivity index (χ1v) is 6.23. The minimum absolute atomic E-state index is 0.0632. The van der Waals surface area contributed by atoms with Crippen molar-refractivity contribution in [3.8, 4) is 0 Å². The van der Waals surface area contributed by atoms with Crippen molar-refractivity contribution in [2.45, 2.75) is 13.5 Å². The van der Waals surface area contributed by atoms with Crippen molar-refractivity contribution in [1.82, 2.24) is 4.98 Å². The summed E-state index contributed by atoms with van der Waals surface area (Å²) in [6.45, 7) is 2.51. The number of nitrogens with zero attached hydrogens (tertiary/aromatic N) is 2. The fourth-order valence-electron chi connectivity index (χ4n) is 1.90. The van der Waals surface area contributed by atoms with E-state index in [9.17, 15) is 4.39 Å². The predicted octanol–water partition coefficient (Wildman–Crippen LogP) is 3.40. The maximum absolute atomic E-state index is 13.3. The lowest BCUT2D eigenvalue weighted by Crippen LogP contribution is -2.19. The quantitative estimate of drug-likeness (QED) is 0.876. The summed E-state index contributed by atoms with van der Waals surface area (Å²) in [5, 5.41) is 0.0632. The smallest absolute Gasteiger partial charge is 0.143 e. The zero-order chi connectivity index (χ0) is 14.0. The zero-order valence-electron chi connectivity index (χ0n) is 10.8. The van der Waals surface area contributed by atoms with Gasteiger partial charge in [0, 0.05) is 18.8 Å². The van der Waals surface area contributed by atoms with Gasteiger partial charge in [0.1, 0.15) is 5.82 Å². The molecular weight excluding hydrogens is 265 g/mol. The fourth-order valence-corrected chi connectivity index (χ4v) is 2.06. The molecule has 0 amide bonds. The number of nitrogens with two attached hydrogens (primary N) is 1. The van der Waals surface area contributed by atoms with E-state index in [1.54, 1.807) is 0 Å². The highest BCUT2D eigenvalue weighted by Gasteiger charge is 2.11. The van der Waals surface area contributed by atoms with Crippen molar-refractivity contribution in [2.24, 2.45) is 0 Å². The van der Waals surface area contributed by atoms with Gasteiger partial charge in [-0.05, 0) is 25.1 Å². The predicted molar refractivity (Wildman–Crippen MR) is 76.9 cm³/mol. The van der Waals surface area contributed by atoms with E-state index >= 15 is 0 Å². The van der Waals surface area contributed by atoms with Gasteiger partial charge in [0.25, 0.3) is 0 Å². The van der Waals surface area contributed by atoms with E-state index in [4.69, 9.17) is 17.3 Å². The van der Waals surface area contributed by atoms with Gasteiger partial charge < -0.3 is 10.6 Å². The number of benzene rings is 1. The largest absolute Gasteiger partial charge is 0.397 e. The molecule has 100 valence electrons. The zero-order valence-corrected chi connectivity index (χ0v) is 11.6. The van der Waals surface area contributed by atoms with Gasteiger partial charge in [-0.1, -0.05) is 17.7 Å². The summed E-state index contributed by atoms with van der Waals surface area (Å²) in [5.41, 5.74) is 8.74. The van der Waals surface area contributed by atoms with Crippen molar-refractivity contribution < 1.29 is 4.39 Å². The number of aromatic nitrogens is 1. The summed E-state index contributed by atoms with van der Waals surface area (Å²) in [6, 6.07) is 8.59. The summed E-state index contributed by atoms with van der Waals surface area (Å²) in [5.74, 6) is -0.509. The molecule has 1 aromatic heterocycles. The number of hydrogen-bond donors (Lipinski definition) is 1. The molecule has 0 aliphatic heterocycles. The van der Waals surface area contributed by atoms with Crippen LogP contribution in [0, 0.1) is 12.7 Å². The first kappa shape index (κ1) is 13.6. The molecule has 3 nitrogen and oxygen atoms in total. The number of anilines is 2. The van der Waals surface area contributed by atoms with Crippen LogP contribution in [0.3, 0.4) is 0 Å². The Bertz CT molecular complexity index is 601. The van der Waals surface area contributed by atoms with Crippen LogP contribution in [0.4, 0.5) is 15.8 Å². The van der Waals surface area contributed by atoms with Gasteiger partial charge in [-0.3, -0.25) is 4.98 Å². The number of rotatable bonds is 3. The molecule has 0 saturated heterocycles. The Labute approximate surface area is 116 Å². The van der Waals surface area contributed by atoms with Gasteiger partial charge in [-0.2, -0.15) is 0 Å². The fraction of sp³-hybridized carbons (Fsp3) is 0.214. The summed E-state index contributed by atoms with van der Waals surface area (Å²) >= 11 is 5.79. The lowest BCUT2D eigenvalue weighted by molar-refractivity contribution is 0.628. The molecule has 2 N–H and O–H groups in total. The van der Waals surface area contributed by atoms with Gasteiger partial charge in [0.05, 0.1) is 28.6 Å². The molecule has 0 aliphatic carbocycles. The van der Waals surface area contributed by atoms with E-state index in [1.165, 1.54) is 12.1 Å². The first-order chi connectivity index (χ1) is 8.97. The maximum Gasteiger partial charge on any atom is 0.143 e. The van der Waals surface area contributed by atoms with Crippen LogP contribution in [0.1, 0.15) is 11.4 Å². The number of aryl methyl sites for hydroxylation is 1. The average molecular weight is 280 g/mol. The molecule has 0 unspecified atom stereocenters. The van der Waals surface area contributed by atoms with E-state index in [0.29, 0.717) is 17.9 Å². The Hall–Kier alpha value is -1.81. The topological polar surface area (TPSA) is 42.1 Å². The van der Waals surface area contributed by atoms with Crippen LogP contribution < -0.4 is 10.6 Å². The Balaban J connectivity index is 2.25. The summed E-state index contributed by atoms with van der Waals surface area (Å²) in [4.78, 5) is 6.31. The molecule has 19 heavy (non-hydrogen) atoms. The second-order valence-electron chi connectivity index (χ2n) is 4.45. The first-order valence-electron chi connectivity index (χ1n) is 5.85. The van der Waals surface area contributed by atoms with Crippen molar-refractivity contribution in [1.29, 1.82) is 0 Å². The molecule has 0 spiro atoms. The van der Waals surface area contributed by atoms with Crippen LogP contribution in [0.15, 0.2) is 30.3 Å². The molecule has 0 fully saturated rings. The third kappa shape index (κ3) is 3.15. The second kappa shape index (κ2) is 5.45. The number of hydrogen-bond acceptors (Lipinski definition) is 3. The lowest BCUT2D eigenvalue weighted by atomic mass is 10.2. The lowest BCUT2D eigenvalue weighted by Gasteiger charge is -2.21. The minimum atomic E-state index is -0.509. The number of halogens is 2. The van der Waals surface area contributed by atoms with Crippen LogP contribution >= 0.6 is 11.6 Å². The van der Waals surface area contributed by atoms with Gasteiger partial charge in [0.15, 0.2) is 0 Å². The molecule has 0 atom stereocenters. The highest BCUT2D eigenvalue weighted by Crippen LogP contribution is 2.29. The molecule has 0 aliphatic rings. The van der Waals surface area contributed by atoms with Crippen LogP contribution in [0.2, 0.25) is 5.02 Å². The van der Waals surface area contributed by atoms with Gasteiger partial charge in [0.2, 0.25) is 0 Å². The highest BCUT2D eigenvalue weighted by atomic mass is 35.5. The van der Waals surface area contributed by atoms with Crippen LogP contribution in [0.25, 0.3) is 0 Å². The second-order valence-corrected chi connectivity index (χ2v) is 4.86. The van der Waals surface area contributed by atoms with E-state index in [2.05, 4.69) is 4.98 Å². The number of pyridine rings is 1. The summed E-state index contributed by atoms with van der Waals surface area (Å²) < 4.78 is 13.3. The van der Waals surface area contributed by atoms with Crippen molar-refractivity contribution >= 4 is 23.0 Å². The normalized spacial score (nSPS) is 10.5. The standard InChI is InChI=1S/C14H15ClFN3/c1-9-4-3-5-10(18-9)8-19(2)14-6-11(15)12(16)7-13(14)17/h3-7H,8,17H2,1-2H3. The highest BCUT2D eigenvalue weighted by molar-refractivity contribution is 6.31. The van der Waals surface area contributed by atoms with E-state index in [1.807, 2.05) is 37.1 Å². The third-order valence-corrected chi connectivity index (χ3v) is 3.12. The van der Waals surface area contributed by atoms with Crippen LogP contribution in [0.5, 0.6) is 0 Å². The van der Waals surface area contributed by atoms with E-state index in [0.717, 1.165) is 11.4 Å². The molecule has 2 aromatic rings. The van der Waals surface area contributed by atoms with Crippen LogP contribution in [-0.4, -0.2) is 12.0 Å². The molecular formula is C14H15ClFN3. The Morgan fingerprint density at radius 1 is 1.37 bits per heavy atom. The summed E-state index contributed by atoms with van der Waals surface area (Å²) in [7, 11) is 1.87. The summed E-state index contributed by atoms with van der Waals surface area (Å²) in [6.07, 6.45) is 0. The van der Waals surface area contributed by atoms with Crippen LogP contribution in [-0.2, 0) is 6.54 Å². The number of nitrogen functional groups attached to an aromatic ring is 1. The van der Waals surface area contributed by atoms with Gasteiger partial charge >= 0.3 is 0 Å². The van der Waals surface area contributed by atoms with Crippen molar-refractivity contribution in [2.75, 3.05) is 17.7 Å². The molecule has 2 rings (SSSR count). The maximum atomic E-state index is 13.3. The Morgan fingerprint density at radius 2 is 2.11 bits per heavy atom. The molecule has 0 radical (unpaired) electrons. The van der Waals surface area contributed by atoms with E-state index < -0.39 is 5.82 Å². The molecule has 0 bridgehead atoms. The van der Waals surface area contributed by atoms with E-state index in [-0.39, 0.29) is 5.02 Å². The van der Waals surface area contributed by atoms with Crippen molar-refractivity contribution in [3.05, 3.63) is 52.6 Å². The monoisotopic (exact) mass is 279 g/mol. The van der Waals surface area contributed by atoms with Gasteiger partial charge in [-0.25, -0.2) is 4.39 Å². The SMILES string of the molecule is Cc1cccc(CN(C)c2cc(Cl)c(F)cc2N)n1. The minimum Gasteiger partial charge on any atom is -0.397 e. The van der Waals surface area contributed by atoms with Gasteiger partial charge in [-0.15, -0.1) is 0 Å². The van der Waals surface area contributed by atoms with Crippen molar-refractivity contribution in [3.63, 3.8) is 0 Å². The Morgan fingerprint density at radius 3 is 2.79 bits per heavy atom. The molecule has 1 heterocycles.